The topological polar surface area (TPSA) is 34.0 Å². The van der Waals surface area contributed by atoms with Gasteiger partial charge >= 0.3 is 0 Å². The number of hydrogen-bond donors (Lipinski definition) is 0. The summed E-state index contributed by atoms with van der Waals surface area (Å²) in [7, 11) is 2.09. The molecule has 0 fully saturated rings. The predicted octanol–water partition coefficient (Wildman–Crippen LogP) is 2.45. The summed E-state index contributed by atoms with van der Waals surface area (Å²) in [6.45, 7) is 6.83. The molecule has 1 heterocycles. The van der Waals surface area contributed by atoms with Crippen molar-refractivity contribution in [2.45, 2.75) is 13.0 Å². The Bertz CT molecular complexity index is 487. The summed E-state index contributed by atoms with van der Waals surface area (Å²) >= 11 is 0. The van der Waals surface area contributed by atoms with Crippen molar-refractivity contribution >= 4 is 0 Å². The molecule has 0 saturated heterocycles. The van der Waals surface area contributed by atoms with E-state index in [1.165, 1.54) is 11.9 Å². The summed E-state index contributed by atoms with van der Waals surface area (Å²) in [4.78, 5) is 6.19. The normalized spacial score (nSPS) is 12.6. The van der Waals surface area contributed by atoms with Crippen LogP contribution >= 0.6 is 0 Å². The molecule has 1 unspecified atom stereocenters. The molecule has 94 valence electrons. The van der Waals surface area contributed by atoms with Gasteiger partial charge in [-0.25, -0.2) is 9.67 Å². The number of likely N-dealkylation sites (N-methyl/N-ethyl adjacent to an activating group) is 1. The van der Waals surface area contributed by atoms with Crippen LogP contribution in [-0.4, -0.2) is 33.3 Å². The maximum atomic E-state index is 4.11. The molecule has 4 heteroatoms. The first-order chi connectivity index (χ1) is 8.72. The van der Waals surface area contributed by atoms with Crippen LogP contribution in [0, 0.1) is 0 Å². The molecule has 2 rings (SSSR count). The van der Waals surface area contributed by atoms with Crippen molar-refractivity contribution in [1.29, 1.82) is 0 Å². The smallest absolute Gasteiger partial charge is 0.138 e. The average molecular weight is 242 g/mol. The molecule has 0 N–H and O–H groups in total. The molecule has 4 nitrogen and oxygen atoms in total. The molecule has 0 saturated carbocycles. The maximum absolute atomic E-state index is 4.11. The van der Waals surface area contributed by atoms with E-state index in [-0.39, 0.29) is 0 Å². The Morgan fingerprint density at radius 1 is 1.39 bits per heavy atom. The molecule has 2 aromatic rings. The summed E-state index contributed by atoms with van der Waals surface area (Å²) < 4.78 is 1.75. The first-order valence-corrected chi connectivity index (χ1v) is 5.98. The highest BCUT2D eigenvalue weighted by Gasteiger charge is 2.10. The molecule has 0 spiro atoms. The molecule has 1 atom stereocenters. The van der Waals surface area contributed by atoms with Gasteiger partial charge in [0.25, 0.3) is 0 Å². The van der Waals surface area contributed by atoms with Gasteiger partial charge in [0, 0.05) is 12.6 Å². The molecule has 0 radical (unpaired) electrons. The minimum absolute atomic E-state index is 0.368. The fourth-order valence-corrected chi connectivity index (χ4v) is 1.86. The van der Waals surface area contributed by atoms with Gasteiger partial charge in [-0.1, -0.05) is 18.2 Å². The Balaban J connectivity index is 2.14. The van der Waals surface area contributed by atoms with Crippen LogP contribution in [0.15, 0.2) is 49.6 Å². The molecule has 1 aromatic heterocycles. The van der Waals surface area contributed by atoms with Crippen molar-refractivity contribution < 1.29 is 0 Å². The van der Waals surface area contributed by atoms with Gasteiger partial charge in [0.05, 0.1) is 5.69 Å². The monoisotopic (exact) mass is 242 g/mol. The lowest BCUT2D eigenvalue weighted by Crippen LogP contribution is -2.22. The summed E-state index contributed by atoms with van der Waals surface area (Å²) in [6.07, 6.45) is 5.15. The minimum Gasteiger partial charge on any atom is -0.296 e. The van der Waals surface area contributed by atoms with E-state index in [4.69, 9.17) is 0 Å². The Hall–Kier alpha value is -1.94. The highest BCUT2D eigenvalue weighted by Crippen LogP contribution is 2.19. The van der Waals surface area contributed by atoms with Crippen LogP contribution in [0.1, 0.15) is 18.5 Å². The third-order valence-corrected chi connectivity index (χ3v) is 3.14. The lowest BCUT2D eigenvalue weighted by Gasteiger charge is -2.23. The van der Waals surface area contributed by atoms with Gasteiger partial charge in [-0.3, -0.25) is 4.90 Å². The third kappa shape index (κ3) is 2.65. The van der Waals surface area contributed by atoms with Gasteiger partial charge in [-0.2, -0.15) is 5.10 Å². The van der Waals surface area contributed by atoms with E-state index in [2.05, 4.69) is 59.8 Å². The lowest BCUT2D eigenvalue weighted by atomic mass is 10.1. The van der Waals surface area contributed by atoms with Gasteiger partial charge in [-0.15, -0.1) is 6.58 Å². The fraction of sp³-hybridized carbons (Fsp3) is 0.286. The van der Waals surface area contributed by atoms with Crippen molar-refractivity contribution in [2.75, 3.05) is 13.6 Å². The predicted molar refractivity (Wildman–Crippen MR) is 72.6 cm³/mol. The molecule has 18 heavy (non-hydrogen) atoms. The zero-order valence-corrected chi connectivity index (χ0v) is 10.8. The van der Waals surface area contributed by atoms with E-state index < -0.39 is 0 Å². The number of benzene rings is 1. The summed E-state index contributed by atoms with van der Waals surface area (Å²) in [5.41, 5.74) is 2.30. The fourth-order valence-electron chi connectivity index (χ4n) is 1.86. The molecule has 0 bridgehead atoms. The van der Waals surface area contributed by atoms with Gasteiger partial charge < -0.3 is 0 Å². The summed E-state index contributed by atoms with van der Waals surface area (Å²) in [5, 5.41) is 4.11. The Morgan fingerprint density at radius 3 is 2.67 bits per heavy atom. The lowest BCUT2D eigenvalue weighted by molar-refractivity contribution is 0.290. The Labute approximate surface area is 108 Å². The Kier molecular flexibility index (Phi) is 3.89. The van der Waals surface area contributed by atoms with E-state index in [1.54, 1.807) is 11.0 Å². The van der Waals surface area contributed by atoms with Gasteiger partial charge in [0.1, 0.15) is 12.7 Å². The third-order valence-electron chi connectivity index (χ3n) is 3.14. The first kappa shape index (κ1) is 12.5. The first-order valence-electron chi connectivity index (χ1n) is 5.98. The van der Waals surface area contributed by atoms with Gasteiger partial charge in [-0.05, 0) is 31.7 Å². The van der Waals surface area contributed by atoms with E-state index >= 15 is 0 Å². The van der Waals surface area contributed by atoms with Crippen molar-refractivity contribution in [3.05, 3.63) is 55.1 Å². The van der Waals surface area contributed by atoms with Crippen molar-refractivity contribution in [3.8, 4) is 5.69 Å². The molecule has 0 aliphatic heterocycles. The average Bonchev–Trinajstić information content (AvgIpc) is 2.92. The molecular weight excluding hydrogens is 224 g/mol. The van der Waals surface area contributed by atoms with Crippen LogP contribution in [-0.2, 0) is 0 Å². The largest absolute Gasteiger partial charge is 0.296 e. The zero-order chi connectivity index (χ0) is 13.0. The number of hydrogen-bond acceptors (Lipinski definition) is 3. The van der Waals surface area contributed by atoms with Crippen LogP contribution < -0.4 is 0 Å². The minimum atomic E-state index is 0.368. The van der Waals surface area contributed by atoms with E-state index in [0.29, 0.717) is 6.04 Å². The van der Waals surface area contributed by atoms with Crippen LogP contribution in [0.25, 0.3) is 5.69 Å². The Morgan fingerprint density at radius 2 is 2.11 bits per heavy atom. The second kappa shape index (κ2) is 5.60. The number of nitrogens with zero attached hydrogens (tertiary/aromatic N) is 4. The van der Waals surface area contributed by atoms with Crippen LogP contribution in [0.3, 0.4) is 0 Å². The maximum Gasteiger partial charge on any atom is 0.138 e. The number of aromatic nitrogens is 3. The molecule has 1 aromatic carbocycles. The summed E-state index contributed by atoms with van der Waals surface area (Å²) in [6, 6.07) is 8.74. The van der Waals surface area contributed by atoms with Gasteiger partial charge in [0.2, 0.25) is 0 Å². The van der Waals surface area contributed by atoms with Crippen LogP contribution in [0.4, 0.5) is 0 Å². The van der Waals surface area contributed by atoms with E-state index in [0.717, 1.165) is 12.2 Å². The summed E-state index contributed by atoms with van der Waals surface area (Å²) in [5.74, 6) is 0. The number of rotatable bonds is 5. The second-order valence-electron chi connectivity index (χ2n) is 4.34. The van der Waals surface area contributed by atoms with E-state index in [1.807, 2.05) is 6.08 Å². The van der Waals surface area contributed by atoms with Crippen molar-refractivity contribution in [2.24, 2.45) is 0 Å². The quantitative estimate of drug-likeness (QED) is 0.755. The molecule has 0 aliphatic rings. The molecule has 0 amide bonds. The highest BCUT2D eigenvalue weighted by molar-refractivity contribution is 5.34. The molecular formula is C14H18N4. The van der Waals surface area contributed by atoms with Gasteiger partial charge in [0.15, 0.2) is 0 Å². The van der Waals surface area contributed by atoms with E-state index in [9.17, 15) is 0 Å². The highest BCUT2D eigenvalue weighted by atomic mass is 15.3. The van der Waals surface area contributed by atoms with Crippen molar-refractivity contribution in [1.82, 2.24) is 19.7 Å². The standard InChI is InChI=1S/C14H18N4/c1-4-9-17(3)12(2)13-5-7-14(8-6-13)18-11-15-10-16-18/h4-8,10-12H,1,9H2,2-3H3. The van der Waals surface area contributed by atoms with Crippen LogP contribution in [0.5, 0.6) is 0 Å². The van der Waals surface area contributed by atoms with Crippen molar-refractivity contribution in [3.63, 3.8) is 0 Å². The zero-order valence-electron chi connectivity index (χ0n) is 10.8. The second-order valence-corrected chi connectivity index (χ2v) is 4.34. The SMILES string of the molecule is C=CCN(C)C(C)c1ccc(-n2cncn2)cc1. The van der Waals surface area contributed by atoms with Crippen LogP contribution in [0.2, 0.25) is 0 Å². The molecule has 0 aliphatic carbocycles.